The van der Waals surface area contributed by atoms with Crippen molar-refractivity contribution in [1.82, 2.24) is 5.32 Å². The molecule has 0 unspecified atom stereocenters. The van der Waals surface area contributed by atoms with Crippen LogP contribution in [0.25, 0.3) is 0 Å². The number of rotatable bonds is 7. The van der Waals surface area contributed by atoms with Crippen molar-refractivity contribution in [3.63, 3.8) is 0 Å². The number of furan rings is 1. The van der Waals surface area contributed by atoms with E-state index in [9.17, 15) is 4.79 Å². The van der Waals surface area contributed by atoms with Crippen LogP contribution >= 0.6 is 12.4 Å². The van der Waals surface area contributed by atoms with Crippen molar-refractivity contribution < 1.29 is 13.9 Å². The van der Waals surface area contributed by atoms with Gasteiger partial charge in [0.15, 0.2) is 5.76 Å². The Balaban J connectivity index is 0.00000220. The van der Waals surface area contributed by atoms with E-state index in [-0.39, 0.29) is 24.1 Å². The second-order valence-electron chi connectivity index (χ2n) is 4.29. The molecule has 114 valence electrons. The second kappa shape index (κ2) is 9.05. The quantitative estimate of drug-likeness (QED) is 0.771. The van der Waals surface area contributed by atoms with E-state index in [0.29, 0.717) is 24.8 Å². The molecule has 0 fully saturated rings. The highest BCUT2D eigenvalue weighted by Crippen LogP contribution is 2.23. The monoisotopic (exact) mass is 310 g/mol. The van der Waals surface area contributed by atoms with Gasteiger partial charge in [-0.25, -0.2) is 0 Å². The molecule has 5 nitrogen and oxygen atoms in total. The molecule has 3 N–H and O–H groups in total. The number of ether oxygens (including phenoxy) is 1. The Hall–Kier alpha value is -1.98. The van der Waals surface area contributed by atoms with E-state index in [1.807, 2.05) is 30.3 Å². The van der Waals surface area contributed by atoms with E-state index in [1.165, 1.54) is 0 Å². The highest BCUT2D eigenvalue weighted by atomic mass is 35.5. The summed E-state index contributed by atoms with van der Waals surface area (Å²) >= 11 is 0. The van der Waals surface area contributed by atoms with Gasteiger partial charge in [0.05, 0.1) is 0 Å². The highest BCUT2D eigenvalue weighted by Gasteiger charge is 2.11. The smallest absolute Gasteiger partial charge is 0.290 e. The van der Waals surface area contributed by atoms with Crippen LogP contribution in [-0.4, -0.2) is 19.0 Å². The van der Waals surface area contributed by atoms with Gasteiger partial charge < -0.3 is 20.2 Å². The van der Waals surface area contributed by atoms with Gasteiger partial charge in [-0.15, -0.1) is 12.4 Å². The molecule has 6 heteroatoms. The lowest BCUT2D eigenvalue weighted by atomic mass is 10.3. The van der Waals surface area contributed by atoms with Crippen LogP contribution in [0.4, 0.5) is 0 Å². The zero-order valence-corrected chi connectivity index (χ0v) is 12.4. The number of carbonyl (C=O) groups is 1. The lowest BCUT2D eigenvalue weighted by molar-refractivity contribution is 0.0920. The maximum absolute atomic E-state index is 11.8. The summed E-state index contributed by atoms with van der Waals surface area (Å²) in [5.41, 5.74) is 5.39. The fourth-order valence-corrected chi connectivity index (χ4v) is 1.66. The Kier molecular flexibility index (Phi) is 7.36. The SMILES string of the molecule is Cl.NCCCCNC(=O)c1ccc(Oc2ccccc2)o1. The first-order chi connectivity index (χ1) is 9.79. The van der Waals surface area contributed by atoms with E-state index in [0.717, 1.165) is 12.8 Å². The third kappa shape index (κ3) is 5.49. The standard InChI is InChI=1S/C15H18N2O3.ClH/c16-10-4-5-11-17-15(18)13-8-9-14(20-13)19-12-6-2-1-3-7-12;/h1-3,6-9H,4-5,10-11,16H2,(H,17,18);1H. The molecule has 1 aromatic carbocycles. The van der Waals surface area contributed by atoms with E-state index in [2.05, 4.69) is 5.32 Å². The lowest BCUT2D eigenvalue weighted by Gasteiger charge is -2.02. The maximum Gasteiger partial charge on any atom is 0.290 e. The van der Waals surface area contributed by atoms with E-state index in [1.54, 1.807) is 12.1 Å². The summed E-state index contributed by atoms with van der Waals surface area (Å²) in [4.78, 5) is 11.8. The molecule has 0 radical (unpaired) electrons. The van der Waals surface area contributed by atoms with Crippen LogP contribution in [0.5, 0.6) is 11.7 Å². The Bertz CT molecular complexity index is 543. The third-order valence-corrected chi connectivity index (χ3v) is 2.68. The summed E-state index contributed by atoms with van der Waals surface area (Å²) in [5.74, 6) is 0.952. The number of halogens is 1. The molecule has 0 saturated heterocycles. The van der Waals surface area contributed by atoms with Crippen LogP contribution in [0.1, 0.15) is 23.4 Å². The zero-order chi connectivity index (χ0) is 14.2. The van der Waals surface area contributed by atoms with Crippen LogP contribution in [0.2, 0.25) is 0 Å². The van der Waals surface area contributed by atoms with Gasteiger partial charge in [0.2, 0.25) is 0 Å². The summed E-state index contributed by atoms with van der Waals surface area (Å²) in [5, 5.41) is 2.77. The number of para-hydroxylation sites is 1. The van der Waals surface area contributed by atoms with Gasteiger partial charge in [-0.3, -0.25) is 4.79 Å². The van der Waals surface area contributed by atoms with Crippen molar-refractivity contribution in [3.8, 4) is 11.7 Å². The molecule has 2 aromatic rings. The molecule has 1 heterocycles. The lowest BCUT2D eigenvalue weighted by Crippen LogP contribution is -2.24. The van der Waals surface area contributed by atoms with Gasteiger partial charge in [-0.2, -0.15) is 0 Å². The minimum absolute atomic E-state index is 0. The third-order valence-electron chi connectivity index (χ3n) is 2.68. The molecule has 0 aliphatic heterocycles. The number of nitrogens with one attached hydrogen (secondary N) is 1. The first-order valence-corrected chi connectivity index (χ1v) is 6.60. The fraction of sp³-hybridized carbons (Fsp3) is 0.267. The molecule has 1 amide bonds. The Morgan fingerprint density at radius 1 is 1.14 bits per heavy atom. The molecule has 0 bridgehead atoms. The molecular weight excluding hydrogens is 292 g/mol. The average molecular weight is 311 g/mol. The van der Waals surface area contributed by atoms with E-state index >= 15 is 0 Å². The minimum atomic E-state index is -0.245. The Morgan fingerprint density at radius 2 is 1.90 bits per heavy atom. The van der Waals surface area contributed by atoms with Gasteiger partial charge in [-0.1, -0.05) is 18.2 Å². The van der Waals surface area contributed by atoms with Crippen molar-refractivity contribution in [3.05, 3.63) is 48.2 Å². The number of amides is 1. The van der Waals surface area contributed by atoms with Gasteiger partial charge in [0, 0.05) is 12.6 Å². The van der Waals surface area contributed by atoms with Crippen molar-refractivity contribution in [2.45, 2.75) is 12.8 Å². The number of nitrogens with two attached hydrogens (primary N) is 1. The summed E-state index contributed by atoms with van der Waals surface area (Å²) in [7, 11) is 0. The first kappa shape index (κ1) is 17.1. The predicted molar refractivity (Wildman–Crippen MR) is 83.1 cm³/mol. The van der Waals surface area contributed by atoms with Crippen LogP contribution < -0.4 is 15.8 Å². The van der Waals surface area contributed by atoms with Crippen molar-refractivity contribution in [2.24, 2.45) is 5.73 Å². The molecule has 0 aliphatic carbocycles. The molecule has 0 aliphatic rings. The van der Waals surface area contributed by atoms with E-state index in [4.69, 9.17) is 14.9 Å². The summed E-state index contributed by atoms with van der Waals surface area (Å²) in [6, 6.07) is 12.5. The molecule has 1 aromatic heterocycles. The summed E-state index contributed by atoms with van der Waals surface area (Å²) in [6.07, 6.45) is 1.75. The largest absolute Gasteiger partial charge is 0.426 e. The first-order valence-electron chi connectivity index (χ1n) is 6.60. The minimum Gasteiger partial charge on any atom is -0.426 e. The molecule has 0 atom stereocenters. The van der Waals surface area contributed by atoms with Gasteiger partial charge in [0.1, 0.15) is 5.75 Å². The molecule has 21 heavy (non-hydrogen) atoms. The van der Waals surface area contributed by atoms with Gasteiger partial charge in [0.25, 0.3) is 11.9 Å². The highest BCUT2D eigenvalue weighted by molar-refractivity contribution is 5.91. The van der Waals surface area contributed by atoms with E-state index < -0.39 is 0 Å². The normalized spacial score (nSPS) is 9.76. The predicted octanol–water partition coefficient (Wildman–Crippen LogP) is 2.96. The number of hydrogen-bond donors (Lipinski definition) is 2. The number of hydrogen-bond acceptors (Lipinski definition) is 4. The topological polar surface area (TPSA) is 77.5 Å². The van der Waals surface area contributed by atoms with Gasteiger partial charge >= 0.3 is 0 Å². The average Bonchev–Trinajstić information content (AvgIpc) is 2.93. The van der Waals surface area contributed by atoms with Crippen LogP contribution in [0, 0.1) is 0 Å². The van der Waals surface area contributed by atoms with Crippen LogP contribution in [0.3, 0.4) is 0 Å². The second-order valence-corrected chi connectivity index (χ2v) is 4.29. The van der Waals surface area contributed by atoms with Crippen LogP contribution in [0.15, 0.2) is 46.9 Å². The Morgan fingerprint density at radius 3 is 2.62 bits per heavy atom. The number of benzene rings is 1. The fourth-order valence-electron chi connectivity index (χ4n) is 1.66. The van der Waals surface area contributed by atoms with Crippen molar-refractivity contribution >= 4 is 18.3 Å². The molecule has 0 spiro atoms. The summed E-state index contributed by atoms with van der Waals surface area (Å²) in [6.45, 7) is 1.22. The molecular formula is C15H19ClN2O3. The van der Waals surface area contributed by atoms with Crippen LogP contribution in [-0.2, 0) is 0 Å². The zero-order valence-electron chi connectivity index (χ0n) is 11.6. The van der Waals surface area contributed by atoms with Gasteiger partial charge in [-0.05, 0) is 37.6 Å². The van der Waals surface area contributed by atoms with Crippen molar-refractivity contribution in [1.29, 1.82) is 0 Å². The summed E-state index contributed by atoms with van der Waals surface area (Å²) < 4.78 is 10.8. The number of unbranched alkanes of at least 4 members (excludes halogenated alkanes) is 1. The molecule has 2 rings (SSSR count). The molecule has 0 saturated carbocycles. The number of carbonyl (C=O) groups excluding carboxylic acids is 1. The Labute approximate surface area is 129 Å². The maximum atomic E-state index is 11.8. The van der Waals surface area contributed by atoms with Crippen molar-refractivity contribution in [2.75, 3.05) is 13.1 Å².